The molecule has 0 atom stereocenters. The second-order valence-electron chi connectivity index (χ2n) is 4.80. The van der Waals surface area contributed by atoms with E-state index in [0.29, 0.717) is 0 Å². The first-order chi connectivity index (χ1) is 7.93. The summed E-state index contributed by atoms with van der Waals surface area (Å²) in [4.78, 5) is 0. The minimum absolute atomic E-state index is 0.815. The van der Waals surface area contributed by atoms with Crippen molar-refractivity contribution in [2.75, 3.05) is 39.9 Å². The van der Waals surface area contributed by atoms with Crippen LogP contribution in [0.1, 0.15) is 38.5 Å². The molecule has 0 heterocycles. The Hall–Kier alpha value is -0.120. The van der Waals surface area contributed by atoms with Crippen molar-refractivity contribution in [1.82, 2.24) is 10.6 Å². The Morgan fingerprint density at radius 3 is 2.50 bits per heavy atom. The van der Waals surface area contributed by atoms with Gasteiger partial charge < -0.3 is 15.4 Å². The molecule has 0 spiro atoms. The van der Waals surface area contributed by atoms with Gasteiger partial charge in [0.25, 0.3) is 0 Å². The van der Waals surface area contributed by atoms with Gasteiger partial charge in [-0.3, -0.25) is 0 Å². The third-order valence-corrected chi connectivity index (χ3v) is 3.35. The number of hydrogen-bond donors (Lipinski definition) is 2. The van der Waals surface area contributed by atoms with Gasteiger partial charge in [-0.05, 0) is 44.8 Å². The van der Waals surface area contributed by atoms with E-state index in [1.165, 1.54) is 45.1 Å². The van der Waals surface area contributed by atoms with Crippen LogP contribution in [0.3, 0.4) is 0 Å². The first-order valence-corrected chi connectivity index (χ1v) is 6.84. The van der Waals surface area contributed by atoms with Crippen molar-refractivity contribution in [2.24, 2.45) is 5.92 Å². The van der Waals surface area contributed by atoms with Gasteiger partial charge in [-0.1, -0.05) is 19.3 Å². The van der Waals surface area contributed by atoms with E-state index in [1.807, 2.05) is 0 Å². The van der Waals surface area contributed by atoms with Gasteiger partial charge in [-0.25, -0.2) is 0 Å². The van der Waals surface area contributed by atoms with E-state index in [1.54, 1.807) is 7.11 Å². The van der Waals surface area contributed by atoms with Crippen LogP contribution in [0.25, 0.3) is 0 Å². The molecule has 3 heteroatoms. The Morgan fingerprint density at radius 2 is 1.75 bits per heavy atom. The maximum Gasteiger partial charge on any atom is 0.0587 e. The zero-order chi connectivity index (χ0) is 11.5. The molecule has 0 aromatic carbocycles. The Balaban J connectivity index is 1.77. The lowest BCUT2D eigenvalue weighted by atomic mass is 9.89. The van der Waals surface area contributed by atoms with Crippen molar-refractivity contribution in [3.63, 3.8) is 0 Å². The van der Waals surface area contributed by atoms with E-state index < -0.39 is 0 Å². The fourth-order valence-corrected chi connectivity index (χ4v) is 2.34. The molecule has 3 nitrogen and oxygen atoms in total. The highest BCUT2D eigenvalue weighted by atomic mass is 16.5. The molecule has 0 aromatic rings. The molecule has 96 valence electrons. The summed E-state index contributed by atoms with van der Waals surface area (Å²) >= 11 is 0. The van der Waals surface area contributed by atoms with E-state index in [2.05, 4.69) is 10.6 Å². The molecule has 1 fully saturated rings. The number of ether oxygens (including phenoxy) is 1. The van der Waals surface area contributed by atoms with Crippen molar-refractivity contribution in [1.29, 1.82) is 0 Å². The third kappa shape index (κ3) is 7.20. The summed E-state index contributed by atoms with van der Waals surface area (Å²) in [7, 11) is 1.74. The summed E-state index contributed by atoms with van der Waals surface area (Å²) < 4.78 is 4.97. The van der Waals surface area contributed by atoms with Crippen LogP contribution in [0, 0.1) is 5.92 Å². The summed E-state index contributed by atoms with van der Waals surface area (Å²) in [6.45, 7) is 5.27. The zero-order valence-corrected chi connectivity index (χ0v) is 10.8. The Labute approximate surface area is 100 Å². The average Bonchev–Trinajstić information content (AvgIpc) is 2.34. The highest BCUT2D eigenvalue weighted by Gasteiger charge is 2.11. The average molecular weight is 228 g/mol. The monoisotopic (exact) mass is 228 g/mol. The predicted octanol–water partition coefficient (Wildman–Crippen LogP) is 1.78. The van der Waals surface area contributed by atoms with Gasteiger partial charge in [0.1, 0.15) is 0 Å². The van der Waals surface area contributed by atoms with Crippen molar-refractivity contribution >= 4 is 0 Å². The standard InChI is InChI=1S/C13H28N2O/c1-16-11-10-14-8-5-9-15-12-13-6-3-2-4-7-13/h13-15H,2-12H2,1H3. The zero-order valence-electron chi connectivity index (χ0n) is 10.8. The van der Waals surface area contributed by atoms with Gasteiger partial charge in [-0.15, -0.1) is 0 Å². The second kappa shape index (κ2) is 10.1. The maximum atomic E-state index is 4.97. The molecule has 1 aliphatic rings. The molecular formula is C13H28N2O. The summed E-state index contributed by atoms with van der Waals surface area (Å²) in [5.41, 5.74) is 0. The fraction of sp³-hybridized carbons (Fsp3) is 1.00. The lowest BCUT2D eigenvalue weighted by Gasteiger charge is -2.21. The van der Waals surface area contributed by atoms with E-state index in [9.17, 15) is 0 Å². The SMILES string of the molecule is COCCNCCCNCC1CCCCC1. The molecule has 16 heavy (non-hydrogen) atoms. The van der Waals surface area contributed by atoms with Crippen molar-refractivity contribution in [2.45, 2.75) is 38.5 Å². The van der Waals surface area contributed by atoms with Gasteiger partial charge in [0.15, 0.2) is 0 Å². The lowest BCUT2D eigenvalue weighted by molar-refractivity contribution is 0.199. The second-order valence-corrected chi connectivity index (χ2v) is 4.80. The minimum atomic E-state index is 0.815. The molecule has 2 N–H and O–H groups in total. The minimum Gasteiger partial charge on any atom is -0.383 e. The Kier molecular flexibility index (Phi) is 8.77. The van der Waals surface area contributed by atoms with E-state index in [4.69, 9.17) is 4.74 Å². The number of rotatable bonds is 9. The molecule has 1 saturated carbocycles. The number of nitrogens with one attached hydrogen (secondary N) is 2. The van der Waals surface area contributed by atoms with Crippen LogP contribution < -0.4 is 10.6 Å². The highest BCUT2D eigenvalue weighted by molar-refractivity contribution is 4.67. The van der Waals surface area contributed by atoms with Crippen molar-refractivity contribution in [3.8, 4) is 0 Å². The first-order valence-electron chi connectivity index (χ1n) is 6.84. The molecule has 0 amide bonds. The first kappa shape index (κ1) is 13.9. The van der Waals surface area contributed by atoms with Crippen LogP contribution >= 0.6 is 0 Å². The summed E-state index contributed by atoms with van der Waals surface area (Å²) in [5, 5.41) is 6.93. The molecule has 0 aliphatic heterocycles. The molecule has 0 saturated heterocycles. The predicted molar refractivity (Wildman–Crippen MR) is 68.8 cm³/mol. The van der Waals surface area contributed by atoms with Gasteiger partial charge >= 0.3 is 0 Å². The molecule has 1 rings (SSSR count). The molecule has 0 aromatic heterocycles. The summed E-state index contributed by atoms with van der Waals surface area (Å²) in [6.07, 6.45) is 8.46. The molecule has 0 radical (unpaired) electrons. The Bertz CT molecular complexity index is 147. The summed E-state index contributed by atoms with van der Waals surface area (Å²) in [6, 6.07) is 0. The third-order valence-electron chi connectivity index (χ3n) is 3.35. The van der Waals surface area contributed by atoms with Gasteiger partial charge in [-0.2, -0.15) is 0 Å². The van der Waals surface area contributed by atoms with Gasteiger partial charge in [0, 0.05) is 13.7 Å². The van der Waals surface area contributed by atoms with Crippen LogP contribution in [0.2, 0.25) is 0 Å². The van der Waals surface area contributed by atoms with Crippen LogP contribution in [0.4, 0.5) is 0 Å². The summed E-state index contributed by atoms with van der Waals surface area (Å²) in [5.74, 6) is 0.954. The molecule has 0 unspecified atom stereocenters. The molecule has 1 aliphatic carbocycles. The van der Waals surface area contributed by atoms with E-state index in [-0.39, 0.29) is 0 Å². The molecular weight excluding hydrogens is 200 g/mol. The number of hydrogen-bond acceptors (Lipinski definition) is 3. The topological polar surface area (TPSA) is 33.3 Å². The van der Waals surface area contributed by atoms with E-state index >= 15 is 0 Å². The lowest BCUT2D eigenvalue weighted by Crippen LogP contribution is -2.28. The van der Waals surface area contributed by atoms with Crippen LogP contribution in [-0.4, -0.2) is 39.9 Å². The van der Waals surface area contributed by atoms with E-state index in [0.717, 1.165) is 32.2 Å². The highest BCUT2D eigenvalue weighted by Crippen LogP contribution is 2.22. The van der Waals surface area contributed by atoms with Crippen LogP contribution in [0.15, 0.2) is 0 Å². The van der Waals surface area contributed by atoms with Crippen molar-refractivity contribution in [3.05, 3.63) is 0 Å². The van der Waals surface area contributed by atoms with Gasteiger partial charge in [0.2, 0.25) is 0 Å². The normalized spacial score (nSPS) is 17.8. The number of methoxy groups -OCH3 is 1. The van der Waals surface area contributed by atoms with Gasteiger partial charge in [0.05, 0.1) is 6.61 Å². The smallest absolute Gasteiger partial charge is 0.0587 e. The van der Waals surface area contributed by atoms with Crippen LogP contribution in [-0.2, 0) is 4.74 Å². The fourth-order valence-electron chi connectivity index (χ4n) is 2.34. The Morgan fingerprint density at radius 1 is 1.00 bits per heavy atom. The largest absolute Gasteiger partial charge is 0.383 e. The van der Waals surface area contributed by atoms with Crippen LogP contribution in [0.5, 0.6) is 0 Å². The quantitative estimate of drug-likeness (QED) is 0.590. The molecule has 0 bridgehead atoms. The van der Waals surface area contributed by atoms with Crippen molar-refractivity contribution < 1.29 is 4.74 Å². The maximum absolute atomic E-state index is 4.97.